The summed E-state index contributed by atoms with van der Waals surface area (Å²) in [5.74, 6) is -0.0118. The lowest BCUT2D eigenvalue weighted by atomic mass is 10.0. The fourth-order valence-corrected chi connectivity index (χ4v) is 2.45. The minimum atomic E-state index is -0.944. The lowest BCUT2D eigenvalue weighted by Crippen LogP contribution is -2.29. The fraction of sp³-hybridized carbons (Fsp3) is 0.316. The molecule has 2 rings (SSSR count). The molecule has 1 atom stereocenters. The molecule has 0 unspecified atom stereocenters. The van der Waals surface area contributed by atoms with E-state index in [9.17, 15) is 9.90 Å². The van der Waals surface area contributed by atoms with E-state index in [2.05, 4.69) is 13.8 Å². The summed E-state index contributed by atoms with van der Waals surface area (Å²) in [6.07, 6.45) is -0.537. The molecule has 116 valence electrons. The van der Waals surface area contributed by atoms with Crippen LogP contribution in [0.25, 0.3) is 0 Å². The maximum absolute atomic E-state index is 11.5. The van der Waals surface area contributed by atoms with Gasteiger partial charge in [-0.2, -0.15) is 0 Å². The Labute approximate surface area is 131 Å². The Balaban J connectivity index is 2.21. The van der Waals surface area contributed by atoms with Gasteiger partial charge < -0.3 is 9.84 Å². The number of hydrogen-bond donors (Lipinski definition) is 1. The summed E-state index contributed by atoms with van der Waals surface area (Å²) in [4.78, 5) is 11.5. The highest BCUT2D eigenvalue weighted by atomic mass is 16.5. The van der Waals surface area contributed by atoms with Crippen LogP contribution in [0.5, 0.6) is 5.75 Å². The van der Waals surface area contributed by atoms with Crippen LogP contribution in [-0.2, 0) is 11.2 Å². The molecule has 0 fully saturated rings. The Morgan fingerprint density at radius 1 is 1.14 bits per heavy atom. The van der Waals surface area contributed by atoms with Crippen molar-refractivity contribution in [1.82, 2.24) is 0 Å². The Kier molecular flexibility index (Phi) is 5.21. The van der Waals surface area contributed by atoms with Crippen molar-refractivity contribution in [2.45, 2.75) is 39.2 Å². The van der Waals surface area contributed by atoms with Gasteiger partial charge in [0.25, 0.3) is 0 Å². The molecular formula is C19H22O3. The molecule has 0 saturated carbocycles. The molecule has 0 aliphatic heterocycles. The van der Waals surface area contributed by atoms with Gasteiger partial charge in [-0.05, 0) is 30.0 Å². The van der Waals surface area contributed by atoms with Crippen LogP contribution in [0.2, 0.25) is 0 Å². The molecule has 2 aromatic carbocycles. The van der Waals surface area contributed by atoms with Crippen molar-refractivity contribution in [3.8, 4) is 5.75 Å². The molecule has 0 heterocycles. The Hall–Kier alpha value is -2.29. The number of benzene rings is 2. The monoisotopic (exact) mass is 298 g/mol. The summed E-state index contributed by atoms with van der Waals surface area (Å²) in [6, 6.07) is 15.5. The highest BCUT2D eigenvalue weighted by Gasteiger charge is 2.21. The lowest BCUT2D eigenvalue weighted by Gasteiger charge is -2.19. The topological polar surface area (TPSA) is 46.5 Å². The Bertz CT molecular complexity index is 647. The first-order valence-electron chi connectivity index (χ1n) is 7.51. The molecule has 0 aliphatic carbocycles. The molecule has 0 saturated heterocycles. The smallest absolute Gasteiger partial charge is 0.345 e. The third-order valence-electron chi connectivity index (χ3n) is 3.59. The molecule has 0 aliphatic rings. The number of carboxylic acid groups (broad SMARTS) is 1. The van der Waals surface area contributed by atoms with Gasteiger partial charge in [0.1, 0.15) is 5.75 Å². The number of ether oxygens (including phenoxy) is 1. The SMILES string of the molecule is Cc1cccc(C[C@H](Oc2ccccc2C(C)C)C(=O)O)c1. The van der Waals surface area contributed by atoms with Crippen molar-refractivity contribution in [2.75, 3.05) is 0 Å². The van der Waals surface area contributed by atoms with Crippen LogP contribution in [0, 0.1) is 6.92 Å². The van der Waals surface area contributed by atoms with Gasteiger partial charge in [0.2, 0.25) is 0 Å². The van der Waals surface area contributed by atoms with Gasteiger partial charge >= 0.3 is 5.97 Å². The fourth-order valence-electron chi connectivity index (χ4n) is 2.45. The quantitative estimate of drug-likeness (QED) is 0.869. The maximum Gasteiger partial charge on any atom is 0.345 e. The summed E-state index contributed by atoms with van der Waals surface area (Å²) in [7, 11) is 0. The highest BCUT2D eigenvalue weighted by molar-refractivity contribution is 5.73. The average molecular weight is 298 g/mol. The van der Waals surface area contributed by atoms with Crippen molar-refractivity contribution in [3.05, 3.63) is 65.2 Å². The van der Waals surface area contributed by atoms with Gasteiger partial charge in [0, 0.05) is 6.42 Å². The predicted octanol–water partition coefficient (Wildman–Crippen LogP) is 4.19. The number of carboxylic acids is 1. The van der Waals surface area contributed by atoms with Crippen LogP contribution >= 0.6 is 0 Å². The molecular weight excluding hydrogens is 276 g/mol. The van der Waals surface area contributed by atoms with E-state index in [1.165, 1.54) is 0 Å². The number of hydrogen-bond acceptors (Lipinski definition) is 2. The number of para-hydroxylation sites is 1. The summed E-state index contributed by atoms with van der Waals surface area (Å²) in [5, 5.41) is 9.47. The molecule has 2 aromatic rings. The van der Waals surface area contributed by atoms with E-state index in [4.69, 9.17) is 4.74 Å². The summed E-state index contributed by atoms with van der Waals surface area (Å²) in [5.41, 5.74) is 3.11. The zero-order valence-electron chi connectivity index (χ0n) is 13.2. The highest BCUT2D eigenvalue weighted by Crippen LogP contribution is 2.27. The maximum atomic E-state index is 11.5. The van der Waals surface area contributed by atoms with E-state index in [-0.39, 0.29) is 5.92 Å². The third-order valence-corrected chi connectivity index (χ3v) is 3.59. The van der Waals surface area contributed by atoms with Crippen LogP contribution in [0.1, 0.15) is 36.5 Å². The van der Waals surface area contributed by atoms with E-state index < -0.39 is 12.1 Å². The van der Waals surface area contributed by atoms with Gasteiger partial charge in [0.05, 0.1) is 0 Å². The number of carbonyl (C=O) groups is 1. The molecule has 0 amide bonds. The number of rotatable bonds is 6. The van der Waals surface area contributed by atoms with Crippen LogP contribution in [0.4, 0.5) is 0 Å². The van der Waals surface area contributed by atoms with Crippen LogP contribution in [-0.4, -0.2) is 17.2 Å². The van der Waals surface area contributed by atoms with Gasteiger partial charge in [-0.15, -0.1) is 0 Å². The van der Waals surface area contributed by atoms with Gasteiger partial charge in [0.15, 0.2) is 6.10 Å². The lowest BCUT2D eigenvalue weighted by molar-refractivity contribution is -0.145. The summed E-state index contributed by atoms with van der Waals surface area (Å²) >= 11 is 0. The van der Waals surface area contributed by atoms with Crippen molar-refractivity contribution >= 4 is 5.97 Å². The van der Waals surface area contributed by atoms with Crippen molar-refractivity contribution in [2.24, 2.45) is 0 Å². The van der Waals surface area contributed by atoms with Gasteiger partial charge in [-0.1, -0.05) is 61.9 Å². The number of aryl methyl sites for hydroxylation is 1. The van der Waals surface area contributed by atoms with E-state index in [1.54, 1.807) is 0 Å². The Morgan fingerprint density at radius 3 is 2.50 bits per heavy atom. The average Bonchev–Trinajstić information content (AvgIpc) is 2.47. The van der Waals surface area contributed by atoms with Crippen LogP contribution in [0.15, 0.2) is 48.5 Å². The van der Waals surface area contributed by atoms with Crippen molar-refractivity contribution in [1.29, 1.82) is 0 Å². The summed E-state index contributed by atoms with van der Waals surface area (Å²) < 4.78 is 5.81. The first-order chi connectivity index (χ1) is 10.5. The number of aliphatic carboxylic acids is 1. The molecule has 0 aromatic heterocycles. The van der Waals surface area contributed by atoms with E-state index in [0.29, 0.717) is 12.2 Å². The minimum Gasteiger partial charge on any atom is -0.478 e. The zero-order chi connectivity index (χ0) is 16.1. The molecule has 22 heavy (non-hydrogen) atoms. The molecule has 0 spiro atoms. The second-order valence-corrected chi connectivity index (χ2v) is 5.83. The van der Waals surface area contributed by atoms with Gasteiger partial charge in [-0.3, -0.25) is 0 Å². The second kappa shape index (κ2) is 7.12. The van der Waals surface area contributed by atoms with Crippen LogP contribution < -0.4 is 4.74 Å². The molecule has 0 bridgehead atoms. The van der Waals surface area contributed by atoms with E-state index in [0.717, 1.165) is 16.7 Å². The molecule has 0 radical (unpaired) electrons. The second-order valence-electron chi connectivity index (χ2n) is 5.83. The molecule has 3 heteroatoms. The molecule has 3 nitrogen and oxygen atoms in total. The first-order valence-corrected chi connectivity index (χ1v) is 7.51. The zero-order valence-corrected chi connectivity index (χ0v) is 13.2. The minimum absolute atomic E-state index is 0.282. The molecule has 1 N–H and O–H groups in total. The predicted molar refractivity (Wildman–Crippen MR) is 87.5 cm³/mol. The normalized spacial score (nSPS) is 12.2. The van der Waals surface area contributed by atoms with E-state index in [1.807, 2.05) is 55.5 Å². The standard InChI is InChI=1S/C19H22O3/c1-13(2)16-9-4-5-10-17(16)22-18(19(20)21)12-15-8-6-7-14(3)11-15/h4-11,13,18H,12H2,1-3H3,(H,20,21)/t18-/m0/s1. The van der Waals surface area contributed by atoms with E-state index >= 15 is 0 Å². The van der Waals surface area contributed by atoms with Crippen molar-refractivity contribution in [3.63, 3.8) is 0 Å². The summed E-state index contributed by atoms with van der Waals surface area (Å²) in [6.45, 7) is 6.13. The van der Waals surface area contributed by atoms with Crippen molar-refractivity contribution < 1.29 is 14.6 Å². The largest absolute Gasteiger partial charge is 0.478 e. The van der Waals surface area contributed by atoms with Gasteiger partial charge in [-0.25, -0.2) is 4.79 Å². The first kappa shape index (κ1) is 16.1. The third kappa shape index (κ3) is 4.10. The Morgan fingerprint density at radius 2 is 1.86 bits per heavy atom. The van der Waals surface area contributed by atoms with Crippen LogP contribution in [0.3, 0.4) is 0 Å².